The highest BCUT2D eigenvalue weighted by molar-refractivity contribution is 6.04. The van der Waals surface area contributed by atoms with Crippen molar-refractivity contribution in [2.45, 2.75) is 13.8 Å². The Bertz CT molecular complexity index is 741. The fraction of sp³-hybridized carbons (Fsp3) is 0.235. The Morgan fingerprint density at radius 1 is 1.00 bits per heavy atom. The Balaban J connectivity index is 2.25. The maximum absolute atomic E-state index is 13.6. The Hall–Kier alpha value is -2.83. The van der Waals surface area contributed by atoms with E-state index in [0.717, 1.165) is 12.1 Å². The summed E-state index contributed by atoms with van der Waals surface area (Å²) in [4.78, 5) is 30.0. The maximum atomic E-state index is 13.6. The zero-order chi connectivity index (χ0) is 17.7. The van der Waals surface area contributed by atoms with Crippen molar-refractivity contribution in [2.75, 3.05) is 18.4 Å². The highest BCUT2D eigenvalue weighted by Gasteiger charge is 2.18. The van der Waals surface area contributed by atoms with Gasteiger partial charge in [-0.05, 0) is 38.1 Å². The Morgan fingerprint density at radius 2 is 1.54 bits per heavy atom. The van der Waals surface area contributed by atoms with Gasteiger partial charge in [-0.3, -0.25) is 9.59 Å². The molecule has 2 aromatic rings. The molecule has 0 unspecified atom stereocenters. The summed E-state index contributed by atoms with van der Waals surface area (Å²) in [7, 11) is 0. The molecule has 0 atom stereocenters. The van der Waals surface area contributed by atoms with Gasteiger partial charge < -0.3 is 10.2 Å². The molecule has 0 aliphatic carbocycles. The molecule has 7 heteroatoms. The predicted octanol–water partition coefficient (Wildman–Crippen LogP) is 3.09. The van der Waals surface area contributed by atoms with Crippen molar-refractivity contribution in [1.82, 2.24) is 9.88 Å². The molecule has 5 nitrogen and oxygen atoms in total. The van der Waals surface area contributed by atoms with E-state index in [0.29, 0.717) is 13.1 Å². The van der Waals surface area contributed by atoms with E-state index in [9.17, 15) is 18.4 Å². The molecule has 1 aromatic heterocycles. The molecule has 0 radical (unpaired) electrons. The Morgan fingerprint density at radius 3 is 2.12 bits per heavy atom. The van der Waals surface area contributed by atoms with E-state index in [2.05, 4.69) is 10.3 Å². The van der Waals surface area contributed by atoms with E-state index in [-0.39, 0.29) is 17.3 Å². The fourth-order valence-electron chi connectivity index (χ4n) is 2.15. The number of benzene rings is 1. The van der Waals surface area contributed by atoms with Crippen LogP contribution < -0.4 is 5.32 Å². The van der Waals surface area contributed by atoms with Gasteiger partial charge in [0.1, 0.15) is 28.7 Å². The summed E-state index contributed by atoms with van der Waals surface area (Å²) in [5.74, 6) is -2.89. The second kappa shape index (κ2) is 7.63. The summed E-state index contributed by atoms with van der Waals surface area (Å²) < 4.78 is 27.2. The molecule has 0 spiro atoms. The van der Waals surface area contributed by atoms with Crippen molar-refractivity contribution in [3.8, 4) is 0 Å². The lowest BCUT2D eigenvalue weighted by Gasteiger charge is -2.18. The molecule has 24 heavy (non-hydrogen) atoms. The van der Waals surface area contributed by atoms with E-state index in [1.54, 1.807) is 4.90 Å². The zero-order valence-corrected chi connectivity index (χ0v) is 13.3. The SMILES string of the molecule is CCN(CC)C(=O)c1cccc(C(=O)Nc2c(F)cccc2F)n1. The maximum Gasteiger partial charge on any atom is 0.274 e. The number of rotatable bonds is 5. The van der Waals surface area contributed by atoms with Crippen LogP contribution >= 0.6 is 0 Å². The van der Waals surface area contributed by atoms with Crippen LogP contribution in [0.2, 0.25) is 0 Å². The summed E-state index contributed by atoms with van der Waals surface area (Å²) in [6.45, 7) is 4.68. The van der Waals surface area contributed by atoms with Crippen LogP contribution in [0, 0.1) is 11.6 Å². The van der Waals surface area contributed by atoms with E-state index >= 15 is 0 Å². The molecule has 0 bridgehead atoms. The number of hydrogen-bond donors (Lipinski definition) is 1. The summed E-state index contributed by atoms with van der Waals surface area (Å²) >= 11 is 0. The molecule has 0 aliphatic rings. The third-order valence-electron chi connectivity index (χ3n) is 3.45. The molecular formula is C17H17F2N3O2. The lowest BCUT2D eigenvalue weighted by atomic mass is 10.2. The van der Waals surface area contributed by atoms with Crippen molar-refractivity contribution in [3.05, 3.63) is 59.4 Å². The average molecular weight is 333 g/mol. The van der Waals surface area contributed by atoms with Gasteiger partial charge in [0.2, 0.25) is 0 Å². The number of anilines is 1. The van der Waals surface area contributed by atoms with Crippen LogP contribution in [0.1, 0.15) is 34.8 Å². The van der Waals surface area contributed by atoms with E-state index in [4.69, 9.17) is 0 Å². The number of para-hydroxylation sites is 1. The topological polar surface area (TPSA) is 62.3 Å². The molecule has 2 rings (SSSR count). The summed E-state index contributed by atoms with van der Waals surface area (Å²) in [6.07, 6.45) is 0. The van der Waals surface area contributed by atoms with Gasteiger partial charge in [-0.15, -0.1) is 0 Å². The van der Waals surface area contributed by atoms with Gasteiger partial charge in [0.25, 0.3) is 11.8 Å². The van der Waals surface area contributed by atoms with Crippen LogP contribution in [0.3, 0.4) is 0 Å². The number of nitrogens with one attached hydrogen (secondary N) is 1. The van der Waals surface area contributed by atoms with Gasteiger partial charge in [-0.25, -0.2) is 13.8 Å². The minimum absolute atomic E-state index is 0.0976. The number of carbonyl (C=O) groups is 2. The molecule has 2 amide bonds. The molecule has 126 valence electrons. The third-order valence-corrected chi connectivity index (χ3v) is 3.45. The normalized spacial score (nSPS) is 10.3. The van der Waals surface area contributed by atoms with Crippen molar-refractivity contribution < 1.29 is 18.4 Å². The summed E-state index contributed by atoms with van der Waals surface area (Å²) in [5.41, 5.74) is -0.555. The monoisotopic (exact) mass is 333 g/mol. The third kappa shape index (κ3) is 3.73. The van der Waals surface area contributed by atoms with Gasteiger partial charge >= 0.3 is 0 Å². The standard InChI is InChI=1S/C17H17F2N3O2/c1-3-22(4-2)17(24)14-10-6-9-13(20-14)16(23)21-15-11(18)7-5-8-12(15)19/h5-10H,3-4H2,1-2H3,(H,21,23). The van der Waals surface area contributed by atoms with Gasteiger partial charge in [-0.1, -0.05) is 12.1 Å². The number of hydrogen-bond acceptors (Lipinski definition) is 3. The molecular weight excluding hydrogens is 316 g/mol. The molecule has 0 fully saturated rings. The average Bonchev–Trinajstić information content (AvgIpc) is 2.59. The molecule has 1 heterocycles. The fourth-order valence-corrected chi connectivity index (χ4v) is 2.15. The van der Waals surface area contributed by atoms with E-state index < -0.39 is 23.2 Å². The van der Waals surface area contributed by atoms with E-state index in [1.807, 2.05) is 13.8 Å². The minimum Gasteiger partial charge on any atom is -0.338 e. The second-order valence-electron chi connectivity index (χ2n) is 4.94. The minimum atomic E-state index is -0.890. The molecule has 1 N–H and O–H groups in total. The largest absolute Gasteiger partial charge is 0.338 e. The van der Waals surface area contributed by atoms with E-state index in [1.165, 1.54) is 24.3 Å². The first-order valence-corrected chi connectivity index (χ1v) is 7.49. The Labute approximate surface area is 138 Å². The number of nitrogens with zero attached hydrogens (tertiary/aromatic N) is 2. The molecule has 0 aliphatic heterocycles. The van der Waals surface area contributed by atoms with Crippen molar-refractivity contribution in [3.63, 3.8) is 0 Å². The first-order chi connectivity index (χ1) is 11.5. The van der Waals surface area contributed by atoms with Crippen LogP contribution in [0.5, 0.6) is 0 Å². The number of amides is 2. The number of aromatic nitrogens is 1. The Kier molecular flexibility index (Phi) is 5.57. The van der Waals surface area contributed by atoms with Crippen LogP contribution in [0.4, 0.5) is 14.5 Å². The highest BCUT2D eigenvalue weighted by Crippen LogP contribution is 2.18. The summed E-state index contributed by atoms with van der Waals surface area (Å²) in [6, 6.07) is 7.62. The first kappa shape index (κ1) is 17.5. The molecule has 0 saturated carbocycles. The van der Waals surface area contributed by atoms with Crippen LogP contribution in [-0.4, -0.2) is 34.8 Å². The second-order valence-corrected chi connectivity index (χ2v) is 4.94. The molecule has 0 saturated heterocycles. The van der Waals surface area contributed by atoms with Gasteiger partial charge in [-0.2, -0.15) is 0 Å². The zero-order valence-electron chi connectivity index (χ0n) is 13.3. The first-order valence-electron chi connectivity index (χ1n) is 7.49. The van der Waals surface area contributed by atoms with Crippen molar-refractivity contribution >= 4 is 17.5 Å². The van der Waals surface area contributed by atoms with Crippen LogP contribution in [0.15, 0.2) is 36.4 Å². The number of pyridine rings is 1. The highest BCUT2D eigenvalue weighted by atomic mass is 19.1. The lowest BCUT2D eigenvalue weighted by Crippen LogP contribution is -2.31. The van der Waals surface area contributed by atoms with Crippen LogP contribution in [0.25, 0.3) is 0 Å². The van der Waals surface area contributed by atoms with Gasteiger partial charge in [0.15, 0.2) is 0 Å². The van der Waals surface area contributed by atoms with Gasteiger partial charge in [0.05, 0.1) is 0 Å². The van der Waals surface area contributed by atoms with Crippen molar-refractivity contribution in [1.29, 1.82) is 0 Å². The predicted molar refractivity (Wildman–Crippen MR) is 85.8 cm³/mol. The quantitative estimate of drug-likeness (QED) is 0.914. The van der Waals surface area contributed by atoms with Gasteiger partial charge in [0, 0.05) is 13.1 Å². The smallest absolute Gasteiger partial charge is 0.274 e. The number of carbonyl (C=O) groups excluding carboxylic acids is 2. The molecule has 1 aromatic carbocycles. The van der Waals surface area contributed by atoms with Crippen LogP contribution in [-0.2, 0) is 0 Å². The van der Waals surface area contributed by atoms with Crippen molar-refractivity contribution in [2.24, 2.45) is 0 Å². The number of halogens is 2. The lowest BCUT2D eigenvalue weighted by molar-refractivity contribution is 0.0767. The summed E-state index contributed by atoms with van der Waals surface area (Å²) in [5, 5.41) is 2.14.